The van der Waals surface area contributed by atoms with Crippen LogP contribution in [0.1, 0.15) is 21.5 Å². The zero-order valence-electron chi connectivity index (χ0n) is 18.4. The van der Waals surface area contributed by atoms with Crippen LogP contribution >= 0.6 is 11.6 Å². The average Bonchev–Trinajstić information content (AvgIpc) is 2.86. The summed E-state index contributed by atoms with van der Waals surface area (Å²) >= 11 is 5.96. The first-order chi connectivity index (χ1) is 16.6. The van der Waals surface area contributed by atoms with Crippen molar-refractivity contribution in [3.05, 3.63) is 82.4 Å². The normalized spacial score (nSPS) is 14.4. The number of carbonyl (C=O) groups excluding carboxylic acids is 2. The summed E-state index contributed by atoms with van der Waals surface area (Å²) in [6.45, 7) is 1.89. The monoisotopic (exact) mass is 478 g/mol. The van der Waals surface area contributed by atoms with Crippen molar-refractivity contribution in [3.63, 3.8) is 0 Å². The first-order valence-electron chi connectivity index (χ1n) is 11.0. The molecule has 7 nitrogen and oxygen atoms in total. The molecule has 3 aromatic rings. The van der Waals surface area contributed by atoms with Crippen molar-refractivity contribution in [2.75, 3.05) is 31.7 Å². The van der Waals surface area contributed by atoms with Gasteiger partial charge in [-0.05, 0) is 48.4 Å². The van der Waals surface area contributed by atoms with Gasteiger partial charge >= 0.3 is 0 Å². The standard InChI is InChI=1S/C26H23ClN2O5/c27-18-6-4-17(5-7-18)15-29-11-10-20-21(26(29)31)2-1-3-22(20)34-16-25(30)28-19-8-9-23-24(14-19)33-13-12-32-23/h1-9,14H,10-13,15-16H2,(H,28,30). The van der Waals surface area contributed by atoms with E-state index in [1.807, 2.05) is 29.2 Å². The Morgan fingerprint density at radius 1 is 1.03 bits per heavy atom. The molecule has 0 radical (unpaired) electrons. The molecule has 0 spiro atoms. The lowest BCUT2D eigenvalue weighted by molar-refractivity contribution is -0.118. The van der Waals surface area contributed by atoms with Gasteiger partial charge in [0.15, 0.2) is 18.1 Å². The largest absolute Gasteiger partial charge is 0.486 e. The number of nitrogens with one attached hydrogen (secondary N) is 1. The number of nitrogens with zero attached hydrogens (tertiary/aromatic N) is 1. The SMILES string of the molecule is O=C(COc1cccc2c1CCN(Cc1ccc(Cl)cc1)C2=O)Nc1ccc2c(c1)OCCO2. The van der Waals surface area contributed by atoms with E-state index < -0.39 is 0 Å². The molecule has 0 bridgehead atoms. The number of hydrogen-bond donors (Lipinski definition) is 1. The molecule has 2 aliphatic rings. The Balaban J connectivity index is 1.22. The molecule has 0 fully saturated rings. The maximum atomic E-state index is 13.1. The van der Waals surface area contributed by atoms with Gasteiger partial charge in [0.1, 0.15) is 19.0 Å². The summed E-state index contributed by atoms with van der Waals surface area (Å²) in [5, 5.41) is 3.47. The number of fused-ring (bicyclic) bond motifs is 2. The molecule has 3 aromatic carbocycles. The lowest BCUT2D eigenvalue weighted by atomic mass is 9.97. The number of amides is 2. The zero-order chi connectivity index (χ0) is 23.5. The fraction of sp³-hybridized carbons (Fsp3) is 0.231. The highest BCUT2D eigenvalue weighted by Gasteiger charge is 2.27. The van der Waals surface area contributed by atoms with Crippen molar-refractivity contribution in [1.82, 2.24) is 4.90 Å². The molecule has 0 aromatic heterocycles. The van der Waals surface area contributed by atoms with E-state index in [9.17, 15) is 9.59 Å². The van der Waals surface area contributed by atoms with E-state index in [4.69, 9.17) is 25.8 Å². The van der Waals surface area contributed by atoms with Crippen molar-refractivity contribution in [2.24, 2.45) is 0 Å². The number of carbonyl (C=O) groups is 2. The van der Waals surface area contributed by atoms with E-state index in [2.05, 4.69) is 5.32 Å². The van der Waals surface area contributed by atoms with Gasteiger partial charge in [-0.2, -0.15) is 0 Å². The molecule has 174 valence electrons. The minimum absolute atomic E-state index is 0.0534. The smallest absolute Gasteiger partial charge is 0.262 e. The Hall–Kier alpha value is -3.71. The fourth-order valence-corrected chi connectivity index (χ4v) is 4.23. The number of benzene rings is 3. The molecular formula is C26H23ClN2O5. The highest BCUT2D eigenvalue weighted by molar-refractivity contribution is 6.30. The minimum atomic E-state index is -0.305. The van der Waals surface area contributed by atoms with Gasteiger partial charge in [-0.25, -0.2) is 0 Å². The second-order valence-electron chi connectivity index (χ2n) is 8.08. The number of rotatable bonds is 6. The average molecular weight is 479 g/mol. The van der Waals surface area contributed by atoms with Gasteiger partial charge in [-0.1, -0.05) is 29.8 Å². The zero-order valence-corrected chi connectivity index (χ0v) is 19.1. The Kier molecular flexibility index (Phi) is 6.27. The molecule has 0 unspecified atom stereocenters. The van der Waals surface area contributed by atoms with E-state index in [0.717, 1.165) is 11.1 Å². The number of anilines is 1. The molecule has 0 saturated carbocycles. The van der Waals surface area contributed by atoms with Gasteiger partial charge in [0.2, 0.25) is 0 Å². The summed E-state index contributed by atoms with van der Waals surface area (Å²) in [5.41, 5.74) is 3.04. The van der Waals surface area contributed by atoms with Crippen LogP contribution in [0.15, 0.2) is 60.7 Å². The predicted molar refractivity (Wildman–Crippen MR) is 128 cm³/mol. The molecule has 0 aliphatic carbocycles. The quantitative estimate of drug-likeness (QED) is 0.570. The van der Waals surface area contributed by atoms with Gasteiger partial charge in [-0.15, -0.1) is 0 Å². The van der Waals surface area contributed by atoms with Crippen molar-refractivity contribution in [1.29, 1.82) is 0 Å². The van der Waals surface area contributed by atoms with Gasteiger partial charge in [0.05, 0.1) is 0 Å². The summed E-state index contributed by atoms with van der Waals surface area (Å²) in [6, 6.07) is 18.1. The summed E-state index contributed by atoms with van der Waals surface area (Å²) in [7, 11) is 0. The van der Waals surface area contributed by atoms with Gasteiger partial charge in [0, 0.05) is 41.0 Å². The molecule has 5 rings (SSSR count). The van der Waals surface area contributed by atoms with Crippen LogP contribution in [0.25, 0.3) is 0 Å². The molecule has 2 amide bonds. The minimum Gasteiger partial charge on any atom is -0.486 e. The maximum absolute atomic E-state index is 13.1. The first kappa shape index (κ1) is 22.1. The van der Waals surface area contributed by atoms with Gasteiger partial charge in [-0.3, -0.25) is 9.59 Å². The highest BCUT2D eigenvalue weighted by atomic mass is 35.5. The predicted octanol–water partition coefficient (Wildman–Crippen LogP) is 4.33. The van der Waals surface area contributed by atoms with E-state index in [0.29, 0.717) is 66.2 Å². The fourth-order valence-electron chi connectivity index (χ4n) is 4.10. The number of hydrogen-bond acceptors (Lipinski definition) is 5. The van der Waals surface area contributed by atoms with E-state index >= 15 is 0 Å². The third kappa shape index (κ3) is 4.79. The van der Waals surface area contributed by atoms with Gasteiger partial charge < -0.3 is 24.4 Å². The van der Waals surface area contributed by atoms with Crippen LogP contribution in [0.5, 0.6) is 17.2 Å². The Morgan fingerprint density at radius 2 is 1.82 bits per heavy atom. The highest BCUT2D eigenvalue weighted by Crippen LogP contribution is 2.33. The van der Waals surface area contributed by atoms with Crippen molar-refractivity contribution in [3.8, 4) is 17.2 Å². The van der Waals surface area contributed by atoms with Crippen molar-refractivity contribution < 1.29 is 23.8 Å². The van der Waals surface area contributed by atoms with Crippen LogP contribution in [0, 0.1) is 0 Å². The molecular weight excluding hydrogens is 456 g/mol. The Bertz CT molecular complexity index is 1230. The summed E-state index contributed by atoms with van der Waals surface area (Å²) < 4.78 is 16.9. The lowest BCUT2D eigenvalue weighted by Crippen LogP contribution is -2.37. The molecule has 1 N–H and O–H groups in total. The second kappa shape index (κ2) is 9.65. The van der Waals surface area contributed by atoms with E-state index in [1.54, 1.807) is 36.4 Å². The van der Waals surface area contributed by atoms with Crippen LogP contribution in [-0.4, -0.2) is 43.1 Å². The number of ether oxygens (including phenoxy) is 3. The maximum Gasteiger partial charge on any atom is 0.262 e. The molecule has 34 heavy (non-hydrogen) atoms. The van der Waals surface area contributed by atoms with Crippen molar-refractivity contribution >= 4 is 29.1 Å². The molecule has 2 heterocycles. The number of halogens is 1. The summed E-state index contributed by atoms with van der Waals surface area (Å²) in [6.07, 6.45) is 0.647. The van der Waals surface area contributed by atoms with Crippen LogP contribution in [-0.2, 0) is 17.8 Å². The Labute approximate surface area is 202 Å². The van der Waals surface area contributed by atoms with Crippen LogP contribution in [0.3, 0.4) is 0 Å². The third-order valence-corrected chi connectivity index (χ3v) is 6.01. The molecule has 2 aliphatic heterocycles. The van der Waals surface area contributed by atoms with Crippen LogP contribution < -0.4 is 19.5 Å². The van der Waals surface area contributed by atoms with E-state index in [-0.39, 0.29) is 18.4 Å². The Morgan fingerprint density at radius 3 is 2.65 bits per heavy atom. The van der Waals surface area contributed by atoms with Gasteiger partial charge in [0.25, 0.3) is 11.8 Å². The molecule has 0 saturated heterocycles. The molecule has 8 heteroatoms. The molecule has 0 atom stereocenters. The van der Waals surface area contributed by atoms with Crippen LogP contribution in [0.4, 0.5) is 5.69 Å². The third-order valence-electron chi connectivity index (χ3n) is 5.75. The topological polar surface area (TPSA) is 77.1 Å². The van der Waals surface area contributed by atoms with E-state index in [1.165, 1.54) is 0 Å². The summed E-state index contributed by atoms with van der Waals surface area (Å²) in [5.74, 6) is 1.45. The van der Waals surface area contributed by atoms with Crippen LogP contribution in [0.2, 0.25) is 5.02 Å². The lowest BCUT2D eigenvalue weighted by Gasteiger charge is -2.29. The first-order valence-corrected chi connectivity index (χ1v) is 11.4. The summed E-state index contributed by atoms with van der Waals surface area (Å²) in [4.78, 5) is 27.4. The van der Waals surface area contributed by atoms with Crippen molar-refractivity contribution in [2.45, 2.75) is 13.0 Å². The second-order valence-corrected chi connectivity index (χ2v) is 8.52.